The Hall–Kier alpha value is -3.62. The average molecular weight is 374 g/mol. The second-order valence-corrected chi connectivity index (χ2v) is 5.84. The second kappa shape index (κ2) is 8.17. The van der Waals surface area contributed by atoms with Crippen LogP contribution in [-0.2, 0) is 16.0 Å². The van der Waals surface area contributed by atoms with Crippen molar-refractivity contribution in [2.45, 2.75) is 12.3 Å². The zero-order valence-electron chi connectivity index (χ0n) is 14.4. The van der Waals surface area contributed by atoms with Crippen molar-refractivity contribution in [3.63, 3.8) is 0 Å². The summed E-state index contributed by atoms with van der Waals surface area (Å²) >= 11 is 0. The highest BCUT2D eigenvalue weighted by Crippen LogP contribution is 2.35. The molecule has 2 aromatic carbocycles. The van der Waals surface area contributed by atoms with E-state index < -0.39 is 28.7 Å². The lowest BCUT2D eigenvalue weighted by atomic mass is 9.80. The molecule has 0 saturated carbocycles. The summed E-state index contributed by atoms with van der Waals surface area (Å²) in [6.07, 6.45) is -0.224. The van der Waals surface area contributed by atoms with Crippen LogP contribution in [0.3, 0.4) is 0 Å². The largest absolute Gasteiger partial charge is 0.497 e. The third-order valence-electron chi connectivity index (χ3n) is 4.29. The number of methoxy groups -OCH3 is 1. The summed E-state index contributed by atoms with van der Waals surface area (Å²) in [6.45, 7) is 0. The molecule has 0 aliphatic rings. The minimum absolute atomic E-state index is 0.0934. The number of benzene rings is 2. The number of nitro groups is 1. The third-order valence-corrected chi connectivity index (χ3v) is 4.29. The Morgan fingerprint density at radius 2 is 1.74 bits per heavy atom. The zero-order chi connectivity index (χ0) is 20.1. The zero-order valence-corrected chi connectivity index (χ0v) is 14.4. The lowest BCUT2D eigenvalue weighted by molar-refractivity contribution is -0.385. The molecule has 9 nitrogen and oxygen atoms in total. The number of carbonyl (C=O) groups is 2. The SMILES string of the molecule is COc1ccc(C(Cc2c(N)cccc2[N+](=O)[O-])C(C(=O)O)C(=O)O)cc1. The number of anilines is 1. The van der Waals surface area contributed by atoms with Gasteiger partial charge >= 0.3 is 11.9 Å². The number of nitrogens with zero attached hydrogens (tertiary/aromatic N) is 1. The van der Waals surface area contributed by atoms with Crippen LogP contribution in [0, 0.1) is 16.0 Å². The first-order valence-corrected chi connectivity index (χ1v) is 7.87. The summed E-state index contributed by atoms with van der Waals surface area (Å²) in [7, 11) is 1.46. The van der Waals surface area contributed by atoms with Crippen LogP contribution in [0.5, 0.6) is 5.75 Å². The van der Waals surface area contributed by atoms with Crippen LogP contribution in [0.4, 0.5) is 11.4 Å². The molecule has 4 N–H and O–H groups in total. The number of hydrogen-bond acceptors (Lipinski definition) is 6. The van der Waals surface area contributed by atoms with Gasteiger partial charge in [-0.15, -0.1) is 0 Å². The predicted octanol–water partition coefficient (Wildman–Crippen LogP) is 2.30. The fourth-order valence-corrected chi connectivity index (χ4v) is 2.93. The Labute approximate surface area is 154 Å². The van der Waals surface area contributed by atoms with Crippen molar-refractivity contribution in [1.82, 2.24) is 0 Å². The van der Waals surface area contributed by atoms with E-state index >= 15 is 0 Å². The number of nitro benzene ring substituents is 1. The van der Waals surface area contributed by atoms with Crippen LogP contribution in [0.1, 0.15) is 17.0 Å². The van der Waals surface area contributed by atoms with E-state index in [9.17, 15) is 29.9 Å². The number of hydrogen-bond donors (Lipinski definition) is 3. The van der Waals surface area contributed by atoms with Crippen molar-refractivity contribution in [2.24, 2.45) is 5.92 Å². The molecule has 0 aliphatic carbocycles. The minimum atomic E-state index is -1.81. The molecule has 142 valence electrons. The molecule has 0 heterocycles. The monoisotopic (exact) mass is 374 g/mol. The van der Waals surface area contributed by atoms with E-state index in [0.29, 0.717) is 11.3 Å². The van der Waals surface area contributed by atoms with Crippen molar-refractivity contribution in [3.8, 4) is 5.75 Å². The first-order chi connectivity index (χ1) is 12.8. The van der Waals surface area contributed by atoms with Gasteiger partial charge in [0.05, 0.1) is 17.6 Å². The van der Waals surface area contributed by atoms with E-state index in [4.69, 9.17) is 10.5 Å². The standard InChI is InChI=1S/C18H18N2O7/c1-27-11-7-5-10(6-8-11)12(16(17(21)22)18(23)24)9-13-14(19)3-2-4-15(13)20(25)26/h2-8,12,16H,9,19H2,1H3,(H,21,22)(H,23,24). The molecule has 2 rings (SSSR count). The minimum Gasteiger partial charge on any atom is -0.497 e. The fraction of sp³-hybridized carbons (Fsp3) is 0.222. The molecule has 0 spiro atoms. The first kappa shape index (κ1) is 19.7. The van der Waals surface area contributed by atoms with Gasteiger partial charge in [0.15, 0.2) is 5.92 Å². The molecule has 1 atom stereocenters. The molecule has 0 amide bonds. The van der Waals surface area contributed by atoms with Gasteiger partial charge in [-0.3, -0.25) is 19.7 Å². The van der Waals surface area contributed by atoms with Gasteiger partial charge in [-0.2, -0.15) is 0 Å². The summed E-state index contributed by atoms with van der Waals surface area (Å²) in [5.41, 5.74) is 6.16. The molecule has 0 saturated heterocycles. The summed E-state index contributed by atoms with van der Waals surface area (Å²) in [6, 6.07) is 10.3. The van der Waals surface area contributed by atoms with Gasteiger partial charge < -0.3 is 20.7 Å². The Morgan fingerprint density at radius 1 is 1.15 bits per heavy atom. The Bertz CT molecular complexity index is 851. The Morgan fingerprint density at radius 3 is 2.22 bits per heavy atom. The number of rotatable bonds is 8. The molecule has 1 unspecified atom stereocenters. The normalized spacial score (nSPS) is 11.8. The molecule has 9 heteroatoms. The van der Waals surface area contributed by atoms with Crippen LogP contribution < -0.4 is 10.5 Å². The lowest BCUT2D eigenvalue weighted by Gasteiger charge is -2.22. The first-order valence-electron chi connectivity index (χ1n) is 7.87. The van der Waals surface area contributed by atoms with Crippen molar-refractivity contribution in [3.05, 3.63) is 63.7 Å². The number of nitrogens with two attached hydrogens (primary N) is 1. The quantitative estimate of drug-likeness (QED) is 0.275. The van der Waals surface area contributed by atoms with Gasteiger partial charge in [-0.1, -0.05) is 18.2 Å². The summed E-state index contributed by atoms with van der Waals surface area (Å²) in [4.78, 5) is 33.9. The highest BCUT2D eigenvalue weighted by atomic mass is 16.6. The summed E-state index contributed by atoms with van der Waals surface area (Å²) < 4.78 is 5.05. The van der Waals surface area contributed by atoms with E-state index in [0.717, 1.165) is 0 Å². The van der Waals surface area contributed by atoms with E-state index in [1.807, 2.05) is 0 Å². The molecule has 0 bridgehead atoms. The number of aliphatic carboxylic acids is 2. The number of ether oxygens (including phenoxy) is 1. The molecular weight excluding hydrogens is 356 g/mol. The van der Waals surface area contributed by atoms with Crippen molar-refractivity contribution >= 4 is 23.3 Å². The molecule has 0 fully saturated rings. The Kier molecular flexibility index (Phi) is 5.96. The molecule has 27 heavy (non-hydrogen) atoms. The predicted molar refractivity (Wildman–Crippen MR) is 95.7 cm³/mol. The molecule has 2 aromatic rings. The summed E-state index contributed by atoms with van der Waals surface area (Å²) in [5.74, 6) is -5.46. The van der Waals surface area contributed by atoms with E-state index in [1.165, 1.54) is 37.4 Å². The van der Waals surface area contributed by atoms with E-state index in [1.54, 1.807) is 12.1 Å². The van der Waals surface area contributed by atoms with Crippen LogP contribution in [0.2, 0.25) is 0 Å². The van der Waals surface area contributed by atoms with Gasteiger partial charge in [0, 0.05) is 17.7 Å². The second-order valence-electron chi connectivity index (χ2n) is 5.84. The highest BCUT2D eigenvalue weighted by Gasteiger charge is 2.37. The maximum absolute atomic E-state index is 11.6. The smallest absolute Gasteiger partial charge is 0.318 e. The van der Waals surface area contributed by atoms with Gasteiger partial charge in [-0.25, -0.2) is 0 Å². The van der Waals surface area contributed by atoms with Crippen LogP contribution in [0.25, 0.3) is 0 Å². The van der Waals surface area contributed by atoms with Crippen molar-refractivity contribution in [1.29, 1.82) is 0 Å². The topological polar surface area (TPSA) is 153 Å². The molecular formula is C18H18N2O7. The van der Waals surface area contributed by atoms with Crippen LogP contribution in [-0.4, -0.2) is 34.2 Å². The number of nitrogen functional groups attached to an aromatic ring is 1. The average Bonchev–Trinajstić information content (AvgIpc) is 2.61. The number of carboxylic acids is 2. The highest BCUT2D eigenvalue weighted by molar-refractivity contribution is 5.94. The molecule has 0 aliphatic heterocycles. The van der Waals surface area contributed by atoms with Crippen LogP contribution >= 0.6 is 0 Å². The molecule has 0 radical (unpaired) electrons. The van der Waals surface area contributed by atoms with Gasteiger partial charge in [-0.05, 0) is 30.2 Å². The van der Waals surface area contributed by atoms with E-state index in [-0.39, 0.29) is 23.4 Å². The van der Waals surface area contributed by atoms with Crippen LogP contribution in [0.15, 0.2) is 42.5 Å². The fourth-order valence-electron chi connectivity index (χ4n) is 2.93. The van der Waals surface area contributed by atoms with E-state index in [2.05, 4.69) is 0 Å². The van der Waals surface area contributed by atoms with Gasteiger partial charge in [0.2, 0.25) is 0 Å². The maximum atomic E-state index is 11.6. The summed E-state index contributed by atoms with van der Waals surface area (Å²) in [5, 5.41) is 30.2. The van der Waals surface area contributed by atoms with Gasteiger partial charge in [0.1, 0.15) is 5.75 Å². The molecule has 0 aromatic heterocycles. The number of carboxylic acid groups (broad SMARTS) is 2. The Balaban J connectivity index is 2.58. The van der Waals surface area contributed by atoms with Crippen molar-refractivity contribution in [2.75, 3.05) is 12.8 Å². The maximum Gasteiger partial charge on any atom is 0.318 e. The van der Waals surface area contributed by atoms with Gasteiger partial charge in [0.25, 0.3) is 5.69 Å². The van der Waals surface area contributed by atoms with Crippen molar-refractivity contribution < 1.29 is 29.5 Å². The third kappa shape index (κ3) is 4.32. The lowest BCUT2D eigenvalue weighted by Crippen LogP contribution is -2.31.